The van der Waals surface area contributed by atoms with Gasteiger partial charge in [-0.25, -0.2) is 9.97 Å². The first kappa shape index (κ1) is 20.3. The Morgan fingerprint density at radius 2 is 1.90 bits per heavy atom. The minimum Gasteiger partial charge on any atom is -0.368 e. The van der Waals surface area contributed by atoms with Gasteiger partial charge >= 0.3 is 0 Å². The van der Waals surface area contributed by atoms with Gasteiger partial charge in [0.15, 0.2) is 0 Å². The van der Waals surface area contributed by atoms with E-state index in [-0.39, 0.29) is 23.8 Å². The van der Waals surface area contributed by atoms with Crippen molar-refractivity contribution in [1.82, 2.24) is 19.8 Å². The van der Waals surface area contributed by atoms with Gasteiger partial charge in [-0.1, -0.05) is 12.1 Å². The van der Waals surface area contributed by atoms with E-state index in [4.69, 9.17) is 11.5 Å². The van der Waals surface area contributed by atoms with Crippen molar-refractivity contribution >= 4 is 17.8 Å². The zero-order valence-electron chi connectivity index (χ0n) is 17.3. The van der Waals surface area contributed by atoms with Gasteiger partial charge in [0.05, 0.1) is 11.7 Å². The molecule has 8 heteroatoms. The third kappa shape index (κ3) is 4.00. The molecule has 4 rings (SSSR count). The Kier molecular flexibility index (Phi) is 5.67. The zero-order valence-corrected chi connectivity index (χ0v) is 17.3. The molecule has 2 aliphatic heterocycles. The Bertz CT molecular complexity index is 954. The summed E-state index contributed by atoms with van der Waals surface area (Å²) in [4.78, 5) is 37.9. The van der Waals surface area contributed by atoms with Crippen LogP contribution in [0.25, 0.3) is 11.1 Å². The number of anilines is 1. The summed E-state index contributed by atoms with van der Waals surface area (Å²) in [5.74, 6) is -0.0460. The topological polar surface area (TPSA) is 118 Å². The fraction of sp³-hybridized carbons (Fsp3) is 0.455. The number of piperidine rings is 1. The van der Waals surface area contributed by atoms with Crippen LogP contribution in [0.15, 0.2) is 30.5 Å². The Labute approximate surface area is 176 Å². The number of nitrogens with two attached hydrogens (primary N) is 2. The van der Waals surface area contributed by atoms with Crippen LogP contribution in [0.1, 0.15) is 47.8 Å². The molecule has 1 atom stereocenters. The molecule has 2 fully saturated rings. The monoisotopic (exact) mass is 408 g/mol. The predicted molar refractivity (Wildman–Crippen MR) is 114 cm³/mol. The number of nitrogens with zero attached hydrogens (tertiary/aromatic N) is 4. The summed E-state index contributed by atoms with van der Waals surface area (Å²) in [6.45, 7) is 2.61. The number of carbonyl (C=O) groups excluding carboxylic acids is 2. The first-order valence-corrected chi connectivity index (χ1v) is 10.5. The smallest absolute Gasteiger partial charge is 0.248 e. The van der Waals surface area contributed by atoms with Crippen LogP contribution in [-0.2, 0) is 4.79 Å². The number of aromatic nitrogens is 2. The average molecular weight is 409 g/mol. The fourth-order valence-corrected chi connectivity index (χ4v) is 4.53. The number of likely N-dealkylation sites (tertiary alicyclic amines) is 2. The molecule has 2 amide bonds. The molecule has 0 unspecified atom stereocenters. The summed E-state index contributed by atoms with van der Waals surface area (Å²) >= 11 is 0. The Balaban J connectivity index is 1.67. The molecule has 30 heavy (non-hydrogen) atoms. The summed E-state index contributed by atoms with van der Waals surface area (Å²) in [5, 5.41) is 0. The summed E-state index contributed by atoms with van der Waals surface area (Å²) < 4.78 is 0. The molecule has 1 aromatic heterocycles. The van der Waals surface area contributed by atoms with Crippen LogP contribution in [0, 0.1) is 5.92 Å². The van der Waals surface area contributed by atoms with Crippen molar-refractivity contribution < 1.29 is 9.59 Å². The normalized spacial score (nSPS) is 20.4. The van der Waals surface area contributed by atoms with Crippen molar-refractivity contribution in [2.45, 2.75) is 31.7 Å². The number of nitrogen functional groups attached to an aromatic ring is 1. The Morgan fingerprint density at radius 3 is 2.63 bits per heavy atom. The SMILES string of the molecule is CN1CCC(C(=O)N2CCC[C@H]2c2nc(N)ncc2-c2cccc(C(N)=O)c2)CC1. The van der Waals surface area contributed by atoms with E-state index in [2.05, 4.69) is 21.9 Å². The van der Waals surface area contributed by atoms with Gasteiger partial charge in [0, 0.05) is 29.8 Å². The van der Waals surface area contributed by atoms with E-state index in [1.54, 1.807) is 24.4 Å². The number of benzene rings is 1. The number of hydrogen-bond acceptors (Lipinski definition) is 6. The van der Waals surface area contributed by atoms with E-state index in [0.717, 1.165) is 62.1 Å². The quantitative estimate of drug-likeness (QED) is 0.797. The van der Waals surface area contributed by atoms with E-state index in [0.29, 0.717) is 5.56 Å². The van der Waals surface area contributed by atoms with E-state index >= 15 is 0 Å². The maximum atomic E-state index is 13.3. The summed E-state index contributed by atoms with van der Waals surface area (Å²) in [7, 11) is 2.09. The van der Waals surface area contributed by atoms with Gasteiger partial charge in [-0.15, -0.1) is 0 Å². The number of amides is 2. The van der Waals surface area contributed by atoms with Crippen molar-refractivity contribution in [2.24, 2.45) is 11.7 Å². The lowest BCUT2D eigenvalue weighted by Gasteiger charge is -2.33. The summed E-state index contributed by atoms with van der Waals surface area (Å²) in [5.41, 5.74) is 14.1. The van der Waals surface area contributed by atoms with Gasteiger partial charge in [0.2, 0.25) is 17.8 Å². The molecule has 0 spiro atoms. The fourth-order valence-electron chi connectivity index (χ4n) is 4.53. The van der Waals surface area contributed by atoms with Crippen LogP contribution < -0.4 is 11.5 Å². The van der Waals surface area contributed by atoms with E-state index in [1.165, 1.54) is 0 Å². The number of carbonyl (C=O) groups is 2. The van der Waals surface area contributed by atoms with Gasteiger partial charge < -0.3 is 21.3 Å². The molecule has 0 radical (unpaired) electrons. The standard InChI is InChI=1S/C22H28N6O2/c1-27-10-7-14(8-11-27)21(30)28-9-3-6-18(28)19-17(13-25-22(24)26-19)15-4-2-5-16(12-15)20(23)29/h2,4-5,12-14,18H,3,6-11H2,1H3,(H2,23,29)(H2,24,25,26)/t18-/m0/s1. The van der Waals surface area contributed by atoms with Crippen molar-refractivity contribution in [3.05, 3.63) is 41.7 Å². The zero-order chi connectivity index (χ0) is 21.3. The molecule has 3 heterocycles. The van der Waals surface area contributed by atoms with E-state index in [9.17, 15) is 9.59 Å². The number of rotatable bonds is 4. The third-order valence-corrected chi connectivity index (χ3v) is 6.21. The Hall–Kier alpha value is -3.00. The van der Waals surface area contributed by atoms with Gasteiger partial charge in [0.25, 0.3) is 0 Å². The highest BCUT2D eigenvalue weighted by atomic mass is 16.2. The molecule has 2 aromatic rings. The van der Waals surface area contributed by atoms with Gasteiger partial charge in [-0.05, 0) is 63.5 Å². The molecule has 8 nitrogen and oxygen atoms in total. The second kappa shape index (κ2) is 8.39. The van der Waals surface area contributed by atoms with Crippen LogP contribution in [-0.4, -0.2) is 58.3 Å². The first-order valence-electron chi connectivity index (χ1n) is 10.5. The van der Waals surface area contributed by atoms with Crippen molar-refractivity contribution in [1.29, 1.82) is 0 Å². The molecule has 2 saturated heterocycles. The van der Waals surface area contributed by atoms with Crippen molar-refractivity contribution in [3.8, 4) is 11.1 Å². The highest BCUT2D eigenvalue weighted by molar-refractivity contribution is 5.94. The molecule has 4 N–H and O–H groups in total. The molecule has 0 bridgehead atoms. The maximum absolute atomic E-state index is 13.3. The maximum Gasteiger partial charge on any atom is 0.248 e. The first-order chi connectivity index (χ1) is 14.4. The number of primary amides is 1. The second-order valence-electron chi connectivity index (χ2n) is 8.24. The molecule has 158 valence electrons. The predicted octanol–water partition coefficient (Wildman–Crippen LogP) is 1.83. The van der Waals surface area contributed by atoms with Gasteiger partial charge in [0.1, 0.15) is 0 Å². The van der Waals surface area contributed by atoms with Crippen LogP contribution in [0.2, 0.25) is 0 Å². The minimum absolute atomic E-state index is 0.0580. The molecular formula is C22H28N6O2. The molecule has 1 aromatic carbocycles. The van der Waals surface area contributed by atoms with Crippen molar-refractivity contribution in [3.63, 3.8) is 0 Å². The lowest BCUT2D eigenvalue weighted by atomic mass is 9.94. The van der Waals surface area contributed by atoms with Crippen LogP contribution >= 0.6 is 0 Å². The molecular weight excluding hydrogens is 380 g/mol. The van der Waals surface area contributed by atoms with Gasteiger partial charge in [-0.2, -0.15) is 0 Å². The number of hydrogen-bond donors (Lipinski definition) is 2. The second-order valence-corrected chi connectivity index (χ2v) is 8.24. The van der Waals surface area contributed by atoms with E-state index in [1.807, 2.05) is 11.0 Å². The highest BCUT2D eigenvalue weighted by Gasteiger charge is 2.37. The third-order valence-electron chi connectivity index (χ3n) is 6.21. The molecule has 0 saturated carbocycles. The molecule has 0 aliphatic carbocycles. The largest absolute Gasteiger partial charge is 0.368 e. The highest BCUT2D eigenvalue weighted by Crippen LogP contribution is 2.38. The van der Waals surface area contributed by atoms with E-state index < -0.39 is 5.91 Å². The lowest BCUT2D eigenvalue weighted by Crippen LogP contribution is -2.41. The lowest BCUT2D eigenvalue weighted by molar-refractivity contribution is -0.138. The molecule has 2 aliphatic rings. The summed E-state index contributed by atoms with van der Waals surface area (Å²) in [6.07, 6.45) is 5.20. The van der Waals surface area contributed by atoms with Gasteiger partial charge in [-0.3, -0.25) is 9.59 Å². The van der Waals surface area contributed by atoms with Crippen LogP contribution in [0.4, 0.5) is 5.95 Å². The average Bonchev–Trinajstić information content (AvgIpc) is 3.23. The van der Waals surface area contributed by atoms with Crippen LogP contribution in [0.3, 0.4) is 0 Å². The van der Waals surface area contributed by atoms with Crippen LogP contribution in [0.5, 0.6) is 0 Å². The summed E-state index contributed by atoms with van der Waals surface area (Å²) in [6, 6.07) is 6.94. The minimum atomic E-state index is -0.491. The Morgan fingerprint density at radius 1 is 1.13 bits per heavy atom. The van der Waals surface area contributed by atoms with Crippen molar-refractivity contribution in [2.75, 3.05) is 32.4 Å².